The van der Waals surface area contributed by atoms with Crippen molar-refractivity contribution in [2.75, 3.05) is 26.7 Å². The van der Waals surface area contributed by atoms with Gasteiger partial charge >= 0.3 is 0 Å². The zero-order valence-corrected chi connectivity index (χ0v) is 14.5. The Morgan fingerprint density at radius 2 is 2.18 bits per heavy atom. The Bertz CT molecular complexity index is 436. The molecule has 0 spiro atoms. The third-order valence-electron chi connectivity index (χ3n) is 3.88. The number of aryl methyl sites for hydroxylation is 1. The molecule has 0 aliphatic heterocycles. The first-order valence-electron chi connectivity index (χ1n) is 8.32. The van der Waals surface area contributed by atoms with E-state index in [-0.39, 0.29) is 6.61 Å². The Morgan fingerprint density at radius 3 is 2.73 bits per heavy atom. The summed E-state index contributed by atoms with van der Waals surface area (Å²) in [5.41, 5.74) is 1.26. The zero-order chi connectivity index (χ0) is 16.4. The lowest BCUT2D eigenvalue weighted by Gasteiger charge is -2.23. The lowest BCUT2D eigenvalue weighted by atomic mass is 10.0. The smallest absolute Gasteiger partial charge is 0.194 e. The average molecular weight is 308 g/mol. The predicted molar refractivity (Wildman–Crippen MR) is 93.0 cm³/mol. The number of hydrogen-bond donors (Lipinski definition) is 2. The second-order valence-electron chi connectivity index (χ2n) is 5.83. The van der Waals surface area contributed by atoms with Gasteiger partial charge in [0.15, 0.2) is 5.96 Å². The van der Waals surface area contributed by atoms with Gasteiger partial charge in [-0.1, -0.05) is 13.3 Å². The summed E-state index contributed by atoms with van der Waals surface area (Å²) < 4.78 is 2.13. The molecular formula is C17H32N4O. The first-order valence-corrected chi connectivity index (χ1v) is 8.32. The van der Waals surface area contributed by atoms with Gasteiger partial charge in [0.05, 0.1) is 6.54 Å². The SMILES string of the molecule is CCCC(CCO)CN=C(NCC)N(C)Cc1cccn1C. The van der Waals surface area contributed by atoms with Gasteiger partial charge in [-0.05, 0) is 37.8 Å². The molecule has 0 saturated heterocycles. The fraction of sp³-hybridized carbons (Fsp3) is 0.706. The van der Waals surface area contributed by atoms with Crippen molar-refractivity contribution in [2.24, 2.45) is 18.0 Å². The standard InChI is InChI=1S/C17H32N4O/c1-5-8-15(10-12-22)13-19-17(18-6-2)21(4)14-16-9-7-11-20(16)3/h7,9,11,15,22H,5-6,8,10,12-14H2,1-4H3,(H,18,19). The van der Waals surface area contributed by atoms with Crippen LogP contribution in [0.15, 0.2) is 23.3 Å². The van der Waals surface area contributed by atoms with Crippen molar-refractivity contribution in [3.63, 3.8) is 0 Å². The van der Waals surface area contributed by atoms with Gasteiger partial charge in [-0.15, -0.1) is 0 Å². The topological polar surface area (TPSA) is 52.8 Å². The normalized spacial score (nSPS) is 13.2. The molecule has 5 nitrogen and oxygen atoms in total. The molecule has 1 rings (SSSR count). The number of aliphatic hydroxyl groups is 1. The van der Waals surface area contributed by atoms with Crippen LogP contribution in [0.1, 0.15) is 38.8 Å². The first kappa shape index (κ1) is 18.6. The van der Waals surface area contributed by atoms with E-state index in [1.165, 1.54) is 5.69 Å². The second-order valence-corrected chi connectivity index (χ2v) is 5.83. The molecule has 0 fully saturated rings. The number of nitrogens with zero attached hydrogens (tertiary/aromatic N) is 3. The number of guanidine groups is 1. The molecule has 1 aromatic heterocycles. The highest BCUT2D eigenvalue weighted by Gasteiger charge is 2.11. The molecule has 0 bridgehead atoms. The maximum absolute atomic E-state index is 9.17. The number of aliphatic hydroxyl groups excluding tert-OH is 1. The van der Waals surface area contributed by atoms with Crippen molar-refractivity contribution in [3.8, 4) is 0 Å². The number of hydrogen-bond acceptors (Lipinski definition) is 2. The summed E-state index contributed by atoms with van der Waals surface area (Å²) in [5, 5.41) is 12.5. The molecule has 0 amide bonds. The van der Waals surface area contributed by atoms with Crippen molar-refractivity contribution in [2.45, 2.75) is 39.7 Å². The van der Waals surface area contributed by atoms with Gasteiger partial charge in [0.25, 0.3) is 0 Å². The van der Waals surface area contributed by atoms with Crippen LogP contribution in [0.3, 0.4) is 0 Å². The fourth-order valence-electron chi connectivity index (χ4n) is 2.58. The lowest BCUT2D eigenvalue weighted by molar-refractivity contribution is 0.253. The number of nitrogens with one attached hydrogen (secondary N) is 1. The van der Waals surface area contributed by atoms with Gasteiger partial charge in [0, 0.05) is 45.7 Å². The Labute approximate surface area is 135 Å². The van der Waals surface area contributed by atoms with Crippen LogP contribution in [-0.4, -0.2) is 47.3 Å². The van der Waals surface area contributed by atoms with Crippen molar-refractivity contribution >= 4 is 5.96 Å². The molecule has 0 aliphatic rings. The van der Waals surface area contributed by atoms with Crippen molar-refractivity contribution in [1.29, 1.82) is 0 Å². The molecule has 0 radical (unpaired) electrons. The van der Waals surface area contributed by atoms with E-state index in [0.717, 1.165) is 44.9 Å². The van der Waals surface area contributed by atoms with Crippen LogP contribution in [0, 0.1) is 5.92 Å². The average Bonchev–Trinajstić information content (AvgIpc) is 2.89. The summed E-state index contributed by atoms with van der Waals surface area (Å²) in [4.78, 5) is 6.93. The van der Waals surface area contributed by atoms with Crippen LogP contribution < -0.4 is 5.32 Å². The van der Waals surface area contributed by atoms with Crippen LogP contribution >= 0.6 is 0 Å². The lowest BCUT2D eigenvalue weighted by Crippen LogP contribution is -2.39. The van der Waals surface area contributed by atoms with Crippen molar-refractivity contribution < 1.29 is 5.11 Å². The van der Waals surface area contributed by atoms with E-state index in [1.54, 1.807) is 0 Å². The Balaban J connectivity index is 2.69. The minimum Gasteiger partial charge on any atom is -0.396 e. The zero-order valence-electron chi connectivity index (χ0n) is 14.5. The molecule has 1 unspecified atom stereocenters. The van der Waals surface area contributed by atoms with Crippen LogP contribution in [0.4, 0.5) is 0 Å². The summed E-state index contributed by atoms with van der Waals surface area (Å²) in [6.45, 7) is 6.97. The van der Waals surface area contributed by atoms with E-state index in [9.17, 15) is 0 Å². The Hall–Kier alpha value is -1.49. The highest BCUT2D eigenvalue weighted by molar-refractivity contribution is 5.79. The third-order valence-corrected chi connectivity index (χ3v) is 3.88. The third kappa shape index (κ3) is 6.10. The van der Waals surface area contributed by atoms with E-state index in [0.29, 0.717) is 5.92 Å². The van der Waals surface area contributed by atoms with Gasteiger partial charge < -0.3 is 19.9 Å². The van der Waals surface area contributed by atoms with E-state index < -0.39 is 0 Å². The van der Waals surface area contributed by atoms with Crippen LogP contribution in [0.25, 0.3) is 0 Å². The number of aromatic nitrogens is 1. The number of aliphatic imine (C=N–C) groups is 1. The number of rotatable bonds is 9. The summed E-state index contributed by atoms with van der Waals surface area (Å²) in [6.07, 6.45) is 5.14. The van der Waals surface area contributed by atoms with Crippen molar-refractivity contribution in [3.05, 3.63) is 24.0 Å². The van der Waals surface area contributed by atoms with Crippen LogP contribution in [0.2, 0.25) is 0 Å². The molecule has 0 saturated carbocycles. The predicted octanol–water partition coefficient (Wildman–Crippen LogP) is 2.22. The molecule has 22 heavy (non-hydrogen) atoms. The maximum atomic E-state index is 9.17. The summed E-state index contributed by atoms with van der Waals surface area (Å²) in [7, 11) is 4.13. The van der Waals surface area contributed by atoms with Crippen LogP contribution in [0.5, 0.6) is 0 Å². The van der Waals surface area contributed by atoms with Gasteiger partial charge in [-0.3, -0.25) is 4.99 Å². The van der Waals surface area contributed by atoms with E-state index >= 15 is 0 Å². The van der Waals surface area contributed by atoms with Gasteiger partial charge in [-0.25, -0.2) is 0 Å². The monoisotopic (exact) mass is 308 g/mol. The highest BCUT2D eigenvalue weighted by atomic mass is 16.3. The Kier molecular flexibility index (Phi) is 8.67. The highest BCUT2D eigenvalue weighted by Crippen LogP contribution is 2.11. The fourth-order valence-corrected chi connectivity index (χ4v) is 2.58. The van der Waals surface area contributed by atoms with E-state index in [2.05, 4.69) is 61.1 Å². The molecule has 1 heterocycles. The summed E-state index contributed by atoms with van der Waals surface area (Å²) in [6, 6.07) is 4.19. The molecule has 126 valence electrons. The maximum Gasteiger partial charge on any atom is 0.194 e. The van der Waals surface area contributed by atoms with Crippen LogP contribution in [-0.2, 0) is 13.6 Å². The Morgan fingerprint density at radius 1 is 1.41 bits per heavy atom. The molecule has 1 aromatic rings. The molecule has 1 atom stereocenters. The molecule has 5 heteroatoms. The van der Waals surface area contributed by atoms with Gasteiger partial charge in [0.1, 0.15) is 0 Å². The van der Waals surface area contributed by atoms with E-state index in [4.69, 9.17) is 10.1 Å². The molecule has 2 N–H and O–H groups in total. The summed E-state index contributed by atoms with van der Waals surface area (Å²) >= 11 is 0. The van der Waals surface area contributed by atoms with E-state index in [1.807, 2.05) is 0 Å². The van der Waals surface area contributed by atoms with Crippen molar-refractivity contribution in [1.82, 2.24) is 14.8 Å². The minimum atomic E-state index is 0.246. The molecule has 0 aromatic carbocycles. The molecule has 0 aliphatic carbocycles. The minimum absolute atomic E-state index is 0.246. The second kappa shape index (κ2) is 10.3. The summed E-state index contributed by atoms with van der Waals surface area (Å²) in [5.74, 6) is 1.40. The quantitative estimate of drug-likeness (QED) is 0.543. The molecular weight excluding hydrogens is 276 g/mol. The first-order chi connectivity index (χ1) is 10.6. The van der Waals surface area contributed by atoms with Gasteiger partial charge in [0.2, 0.25) is 0 Å². The van der Waals surface area contributed by atoms with Gasteiger partial charge in [-0.2, -0.15) is 0 Å². The largest absolute Gasteiger partial charge is 0.396 e.